The van der Waals surface area contributed by atoms with Gasteiger partial charge in [0.15, 0.2) is 5.82 Å². The van der Waals surface area contributed by atoms with Gasteiger partial charge in [-0.3, -0.25) is 14.3 Å². The molecule has 3 aromatic rings. The quantitative estimate of drug-likeness (QED) is 0.456. The number of anilines is 1. The predicted molar refractivity (Wildman–Crippen MR) is 138 cm³/mol. The van der Waals surface area contributed by atoms with Gasteiger partial charge < -0.3 is 24.4 Å². The average Bonchev–Trinajstić information content (AvgIpc) is 3.60. The fourth-order valence-electron chi connectivity index (χ4n) is 5.20. The topological polar surface area (TPSA) is 94.9 Å². The molecule has 194 valence electrons. The maximum atomic E-state index is 13.1. The minimum absolute atomic E-state index is 0.0903. The molecule has 2 fully saturated rings. The molecule has 2 saturated heterocycles. The Bertz CT molecular complexity index is 1250. The zero-order valence-electron chi connectivity index (χ0n) is 21.3. The molecule has 2 aliphatic heterocycles. The Labute approximate surface area is 216 Å². The molecule has 2 aromatic carbocycles. The van der Waals surface area contributed by atoms with Gasteiger partial charge in [-0.15, -0.1) is 0 Å². The molecule has 2 amide bonds. The van der Waals surface area contributed by atoms with Gasteiger partial charge in [0.1, 0.15) is 23.4 Å². The van der Waals surface area contributed by atoms with E-state index in [0.717, 1.165) is 25.7 Å². The summed E-state index contributed by atoms with van der Waals surface area (Å²) in [6.45, 7) is 2.28. The van der Waals surface area contributed by atoms with Crippen molar-refractivity contribution in [3.8, 4) is 17.2 Å². The summed E-state index contributed by atoms with van der Waals surface area (Å²) in [5.74, 6) is 1.66. The number of hydrogen-bond acceptors (Lipinski definition) is 6. The number of nitrogens with zero attached hydrogens (tertiary/aromatic N) is 3. The Hall–Kier alpha value is -3.85. The number of aromatic nitrogens is 2. The number of hydrogen-bond donors (Lipinski definition) is 1. The highest BCUT2D eigenvalue weighted by Crippen LogP contribution is 2.38. The molecule has 2 bridgehead atoms. The van der Waals surface area contributed by atoms with E-state index in [2.05, 4.69) is 15.3 Å². The van der Waals surface area contributed by atoms with E-state index in [1.165, 1.54) is 0 Å². The van der Waals surface area contributed by atoms with E-state index in [4.69, 9.17) is 14.2 Å². The van der Waals surface area contributed by atoms with Crippen molar-refractivity contribution < 1.29 is 23.8 Å². The van der Waals surface area contributed by atoms with Gasteiger partial charge in [0, 0.05) is 55.7 Å². The summed E-state index contributed by atoms with van der Waals surface area (Å²) in [6, 6.07) is 14.7. The van der Waals surface area contributed by atoms with Gasteiger partial charge >= 0.3 is 0 Å². The molecule has 1 N–H and O–H groups in total. The number of rotatable bonds is 9. The van der Waals surface area contributed by atoms with Crippen LogP contribution in [0.15, 0.2) is 54.7 Å². The van der Waals surface area contributed by atoms with Gasteiger partial charge in [-0.25, -0.2) is 0 Å². The fourth-order valence-corrected chi connectivity index (χ4v) is 5.20. The molecule has 37 heavy (non-hydrogen) atoms. The molecule has 0 aliphatic carbocycles. The van der Waals surface area contributed by atoms with Gasteiger partial charge in [-0.1, -0.05) is 0 Å². The maximum absolute atomic E-state index is 13.1. The first-order valence-electron chi connectivity index (χ1n) is 12.6. The summed E-state index contributed by atoms with van der Waals surface area (Å²) in [4.78, 5) is 28.1. The van der Waals surface area contributed by atoms with E-state index in [1.54, 1.807) is 73.6 Å². The number of benzene rings is 2. The van der Waals surface area contributed by atoms with Crippen molar-refractivity contribution >= 4 is 17.6 Å². The van der Waals surface area contributed by atoms with E-state index in [-0.39, 0.29) is 17.9 Å². The van der Waals surface area contributed by atoms with Crippen LogP contribution in [-0.2, 0) is 11.8 Å². The second-order valence-corrected chi connectivity index (χ2v) is 9.71. The molecular formula is C28H32N4O5. The molecule has 0 radical (unpaired) electrons. The van der Waals surface area contributed by atoms with Gasteiger partial charge in [0.25, 0.3) is 11.8 Å². The number of methoxy groups -OCH3 is 1. The first-order valence-corrected chi connectivity index (χ1v) is 12.6. The molecule has 9 nitrogen and oxygen atoms in total. The molecule has 5 rings (SSSR count). The van der Waals surface area contributed by atoms with E-state index in [1.807, 2.05) is 6.92 Å². The molecule has 0 unspecified atom stereocenters. The minimum atomic E-state index is -0.338. The van der Waals surface area contributed by atoms with E-state index >= 15 is 0 Å². The number of aryl methyl sites for hydroxylation is 1. The van der Waals surface area contributed by atoms with Crippen LogP contribution in [0, 0.1) is 0 Å². The molecule has 9 heteroatoms. The molecular weight excluding hydrogens is 472 g/mol. The highest BCUT2D eigenvalue weighted by molar-refractivity contribution is 6.04. The third-order valence-electron chi connectivity index (χ3n) is 6.86. The summed E-state index contributed by atoms with van der Waals surface area (Å²) in [5, 5.41) is 6.99. The molecule has 1 aromatic heterocycles. The SMILES string of the molecule is COC[C@H](C)Oc1cc(Oc2ccc(C(=O)N3C4CCC3CC4)cc2)cc(C(=O)Nc2ccn(C)n2)c1. The number of nitrogens with one attached hydrogen (secondary N) is 1. The lowest BCUT2D eigenvalue weighted by molar-refractivity contribution is 0.0729. The number of carbonyl (C=O) groups excluding carboxylic acids is 2. The van der Waals surface area contributed by atoms with Crippen molar-refractivity contribution in [2.75, 3.05) is 19.0 Å². The van der Waals surface area contributed by atoms with Gasteiger partial charge in [0.05, 0.1) is 6.61 Å². The van der Waals surface area contributed by atoms with Crippen molar-refractivity contribution in [3.05, 3.63) is 65.9 Å². The number of fused-ring (bicyclic) bond motifs is 2. The van der Waals surface area contributed by atoms with E-state index < -0.39 is 0 Å². The summed E-state index contributed by atoms with van der Waals surface area (Å²) in [6.07, 6.45) is 5.95. The molecule has 3 heterocycles. The largest absolute Gasteiger partial charge is 0.488 e. The summed E-state index contributed by atoms with van der Waals surface area (Å²) in [7, 11) is 3.38. The Morgan fingerprint density at radius 3 is 2.27 bits per heavy atom. The van der Waals surface area contributed by atoms with Crippen LogP contribution in [-0.4, -0.2) is 58.4 Å². The van der Waals surface area contributed by atoms with Crippen LogP contribution in [0.1, 0.15) is 53.3 Å². The normalized spacial score (nSPS) is 19.1. The lowest BCUT2D eigenvalue weighted by Crippen LogP contribution is -2.35. The highest BCUT2D eigenvalue weighted by atomic mass is 16.5. The van der Waals surface area contributed by atoms with Crippen LogP contribution >= 0.6 is 0 Å². The van der Waals surface area contributed by atoms with Crippen LogP contribution in [0.5, 0.6) is 17.2 Å². The first kappa shape index (κ1) is 24.8. The summed E-state index contributed by atoms with van der Waals surface area (Å²) < 4.78 is 18.8. The predicted octanol–water partition coefficient (Wildman–Crippen LogP) is 4.65. The number of carbonyl (C=O) groups is 2. The standard InChI is InChI=1S/C28H32N4O5/c1-18(17-35-3)36-24-14-20(27(33)29-26-12-13-31(2)30-26)15-25(16-24)37-23-10-4-19(5-11-23)28(34)32-21-6-7-22(32)9-8-21/h4-5,10-16,18,21-22H,6-9,17H2,1-3H3,(H,29,30,33)/t18-,21?,22?/m0/s1. The zero-order chi connectivity index (χ0) is 25.9. The Kier molecular flexibility index (Phi) is 7.14. The van der Waals surface area contributed by atoms with Crippen LogP contribution in [0.3, 0.4) is 0 Å². The summed E-state index contributed by atoms with van der Waals surface area (Å²) >= 11 is 0. The van der Waals surface area contributed by atoms with Crippen molar-refractivity contribution in [1.82, 2.24) is 14.7 Å². The fraction of sp³-hybridized carbons (Fsp3) is 0.393. The van der Waals surface area contributed by atoms with Crippen molar-refractivity contribution in [2.24, 2.45) is 7.05 Å². The van der Waals surface area contributed by atoms with Crippen LogP contribution in [0.2, 0.25) is 0 Å². The average molecular weight is 505 g/mol. The second-order valence-electron chi connectivity index (χ2n) is 9.71. The maximum Gasteiger partial charge on any atom is 0.257 e. The number of ether oxygens (including phenoxy) is 3. The van der Waals surface area contributed by atoms with Crippen molar-refractivity contribution in [2.45, 2.75) is 50.8 Å². The van der Waals surface area contributed by atoms with E-state index in [9.17, 15) is 9.59 Å². The van der Waals surface area contributed by atoms with Gasteiger partial charge in [-0.2, -0.15) is 5.10 Å². The van der Waals surface area contributed by atoms with Gasteiger partial charge in [0.2, 0.25) is 0 Å². The Morgan fingerprint density at radius 1 is 0.973 bits per heavy atom. The minimum Gasteiger partial charge on any atom is -0.488 e. The highest BCUT2D eigenvalue weighted by Gasteiger charge is 2.42. The zero-order valence-corrected chi connectivity index (χ0v) is 21.3. The Balaban J connectivity index is 1.34. The smallest absolute Gasteiger partial charge is 0.257 e. The van der Waals surface area contributed by atoms with Crippen molar-refractivity contribution in [3.63, 3.8) is 0 Å². The van der Waals surface area contributed by atoms with Crippen LogP contribution < -0.4 is 14.8 Å². The van der Waals surface area contributed by atoms with Gasteiger partial charge in [-0.05, 0) is 69.0 Å². The van der Waals surface area contributed by atoms with Crippen molar-refractivity contribution in [1.29, 1.82) is 0 Å². The lowest BCUT2D eigenvalue weighted by atomic mass is 10.0. The third kappa shape index (κ3) is 5.61. The molecule has 0 saturated carbocycles. The molecule has 0 spiro atoms. The number of amides is 2. The van der Waals surface area contributed by atoms with Crippen LogP contribution in [0.4, 0.5) is 5.82 Å². The van der Waals surface area contributed by atoms with E-state index in [0.29, 0.717) is 52.9 Å². The first-order chi connectivity index (χ1) is 17.9. The lowest BCUT2D eigenvalue weighted by Gasteiger charge is -2.22. The monoisotopic (exact) mass is 504 g/mol. The molecule has 2 aliphatic rings. The summed E-state index contributed by atoms with van der Waals surface area (Å²) in [5.41, 5.74) is 1.02. The third-order valence-corrected chi connectivity index (χ3v) is 6.86. The van der Waals surface area contributed by atoms with Crippen LogP contribution in [0.25, 0.3) is 0 Å². The Morgan fingerprint density at radius 2 is 1.65 bits per heavy atom. The molecule has 1 atom stereocenters. The second kappa shape index (κ2) is 10.6.